The van der Waals surface area contributed by atoms with E-state index in [4.69, 9.17) is 0 Å². The quantitative estimate of drug-likeness (QED) is 0.692. The molecule has 0 saturated heterocycles. The van der Waals surface area contributed by atoms with Crippen LogP contribution < -0.4 is 5.32 Å². The Labute approximate surface area is 66.6 Å². The second-order valence-electron chi connectivity index (χ2n) is 2.49. The van der Waals surface area contributed by atoms with E-state index in [1.54, 1.807) is 6.33 Å². The summed E-state index contributed by atoms with van der Waals surface area (Å²) in [4.78, 5) is 0. The van der Waals surface area contributed by atoms with Crippen LogP contribution in [0.4, 0.5) is 0 Å². The first kappa shape index (κ1) is 8.20. The first-order valence-corrected chi connectivity index (χ1v) is 3.84. The van der Waals surface area contributed by atoms with Crippen molar-refractivity contribution in [3.63, 3.8) is 0 Å². The fraction of sp³-hybridized carbons (Fsp3) is 0.714. The van der Waals surface area contributed by atoms with Crippen LogP contribution in [0.5, 0.6) is 0 Å². The molecule has 1 aromatic rings. The Kier molecular flexibility index (Phi) is 2.59. The lowest BCUT2D eigenvalue weighted by molar-refractivity contribution is 0.562. The average molecular weight is 154 g/mol. The zero-order chi connectivity index (χ0) is 8.27. The van der Waals surface area contributed by atoms with Crippen molar-refractivity contribution < 1.29 is 0 Å². The lowest BCUT2D eigenvalue weighted by atomic mass is 10.3. The Morgan fingerprint density at radius 2 is 2.45 bits per heavy atom. The van der Waals surface area contributed by atoms with E-state index in [2.05, 4.69) is 29.4 Å². The molecule has 1 N–H and O–H groups in total. The van der Waals surface area contributed by atoms with Gasteiger partial charge in [0.15, 0.2) is 0 Å². The second-order valence-corrected chi connectivity index (χ2v) is 2.49. The number of rotatable bonds is 3. The van der Waals surface area contributed by atoms with Gasteiger partial charge < -0.3 is 9.88 Å². The topological polar surface area (TPSA) is 42.7 Å². The number of nitrogens with zero attached hydrogens (tertiary/aromatic N) is 3. The first-order chi connectivity index (χ1) is 5.29. The van der Waals surface area contributed by atoms with Crippen LogP contribution >= 0.6 is 0 Å². The van der Waals surface area contributed by atoms with Gasteiger partial charge in [0.25, 0.3) is 0 Å². The predicted octanol–water partition coefficient (Wildman–Crippen LogP) is 0.578. The minimum absolute atomic E-state index is 0.275. The molecule has 0 spiro atoms. The Hall–Kier alpha value is -0.900. The Morgan fingerprint density at radius 3 is 3.00 bits per heavy atom. The fourth-order valence-corrected chi connectivity index (χ4v) is 0.972. The van der Waals surface area contributed by atoms with Gasteiger partial charge in [0.1, 0.15) is 12.2 Å². The molecule has 0 aliphatic carbocycles. The number of hydrogen-bond acceptors (Lipinski definition) is 3. The highest BCUT2D eigenvalue weighted by Crippen LogP contribution is 2.06. The molecular formula is C7H14N4. The zero-order valence-corrected chi connectivity index (χ0v) is 7.20. The van der Waals surface area contributed by atoms with Gasteiger partial charge in [0, 0.05) is 6.54 Å². The molecule has 4 heteroatoms. The smallest absolute Gasteiger partial charge is 0.149 e. The minimum Gasteiger partial charge on any atom is -0.317 e. The van der Waals surface area contributed by atoms with Crippen LogP contribution in [0, 0.1) is 0 Å². The highest BCUT2D eigenvalue weighted by atomic mass is 15.3. The Bertz CT molecular complexity index is 218. The molecule has 4 nitrogen and oxygen atoms in total. The van der Waals surface area contributed by atoms with E-state index in [9.17, 15) is 0 Å². The van der Waals surface area contributed by atoms with E-state index in [0.29, 0.717) is 0 Å². The summed E-state index contributed by atoms with van der Waals surface area (Å²) in [6.45, 7) is 5.07. The van der Waals surface area contributed by atoms with Crippen molar-refractivity contribution in [1.29, 1.82) is 0 Å². The monoisotopic (exact) mass is 154 g/mol. The highest BCUT2D eigenvalue weighted by Gasteiger charge is 2.08. The summed E-state index contributed by atoms with van der Waals surface area (Å²) in [6.07, 6.45) is 1.75. The van der Waals surface area contributed by atoms with Crippen molar-refractivity contribution in [1.82, 2.24) is 20.1 Å². The summed E-state index contributed by atoms with van der Waals surface area (Å²) in [6, 6.07) is 0.275. The SMILES string of the molecule is CCn1cnnc1C(C)NC. The van der Waals surface area contributed by atoms with Crippen molar-refractivity contribution in [2.75, 3.05) is 7.05 Å². The van der Waals surface area contributed by atoms with Crippen molar-refractivity contribution >= 4 is 0 Å². The van der Waals surface area contributed by atoms with Crippen LogP contribution in [-0.4, -0.2) is 21.8 Å². The van der Waals surface area contributed by atoms with Crippen LogP contribution in [0.25, 0.3) is 0 Å². The lowest BCUT2D eigenvalue weighted by Crippen LogP contribution is -2.17. The molecule has 1 heterocycles. The van der Waals surface area contributed by atoms with E-state index in [1.807, 2.05) is 11.6 Å². The second kappa shape index (κ2) is 3.48. The largest absolute Gasteiger partial charge is 0.317 e. The molecule has 1 unspecified atom stereocenters. The molecule has 11 heavy (non-hydrogen) atoms. The summed E-state index contributed by atoms with van der Waals surface area (Å²) in [7, 11) is 1.92. The van der Waals surface area contributed by atoms with E-state index < -0.39 is 0 Å². The van der Waals surface area contributed by atoms with Crippen molar-refractivity contribution in [2.45, 2.75) is 26.4 Å². The zero-order valence-electron chi connectivity index (χ0n) is 7.20. The highest BCUT2D eigenvalue weighted by molar-refractivity contribution is 4.91. The summed E-state index contributed by atoms with van der Waals surface area (Å²) in [5.74, 6) is 0.995. The van der Waals surface area contributed by atoms with Gasteiger partial charge in [-0.1, -0.05) is 0 Å². The average Bonchev–Trinajstić information content (AvgIpc) is 2.50. The Morgan fingerprint density at radius 1 is 1.73 bits per heavy atom. The van der Waals surface area contributed by atoms with E-state index >= 15 is 0 Å². The molecule has 0 bridgehead atoms. The molecule has 0 fully saturated rings. The van der Waals surface area contributed by atoms with Crippen molar-refractivity contribution in [3.8, 4) is 0 Å². The molecule has 0 aliphatic rings. The van der Waals surface area contributed by atoms with Crippen LogP contribution in [0.2, 0.25) is 0 Å². The first-order valence-electron chi connectivity index (χ1n) is 3.84. The molecule has 1 atom stereocenters. The van der Waals surface area contributed by atoms with Gasteiger partial charge in [0.05, 0.1) is 6.04 Å². The standard InChI is InChI=1S/C7H14N4/c1-4-11-5-9-10-7(11)6(2)8-3/h5-6,8H,4H2,1-3H3. The molecule has 62 valence electrons. The fourth-order valence-electron chi connectivity index (χ4n) is 0.972. The summed E-state index contributed by atoms with van der Waals surface area (Å²) < 4.78 is 2.03. The molecule has 1 aromatic heterocycles. The molecular weight excluding hydrogens is 140 g/mol. The van der Waals surface area contributed by atoms with Crippen LogP contribution in [0.15, 0.2) is 6.33 Å². The van der Waals surface area contributed by atoms with E-state index in [-0.39, 0.29) is 6.04 Å². The molecule has 0 amide bonds. The van der Waals surface area contributed by atoms with Gasteiger partial charge in [-0.05, 0) is 20.9 Å². The Balaban J connectivity index is 2.83. The normalized spacial score (nSPS) is 13.4. The molecule has 0 saturated carbocycles. The summed E-state index contributed by atoms with van der Waals surface area (Å²) in [5.41, 5.74) is 0. The maximum Gasteiger partial charge on any atom is 0.149 e. The summed E-state index contributed by atoms with van der Waals surface area (Å²) in [5, 5.41) is 11.0. The lowest BCUT2D eigenvalue weighted by Gasteiger charge is -2.09. The third-order valence-electron chi connectivity index (χ3n) is 1.81. The van der Waals surface area contributed by atoms with Gasteiger partial charge in [0.2, 0.25) is 0 Å². The van der Waals surface area contributed by atoms with Gasteiger partial charge in [-0.3, -0.25) is 0 Å². The minimum atomic E-state index is 0.275. The van der Waals surface area contributed by atoms with Crippen LogP contribution in [0.3, 0.4) is 0 Å². The number of hydrogen-bond donors (Lipinski definition) is 1. The number of aromatic nitrogens is 3. The maximum atomic E-state index is 4.01. The maximum absolute atomic E-state index is 4.01. The van der Waals surface area contributed by atoms with Gasteiger partial charge in [-0.25, -0.2) is 0 Å². The number of aryl methyl sites for hydroxylation is 1. The predicted molar refractivity (Wildman–Crippen MR) is 43.2 cm³/mol. The van der Waals surface area contributed by atoms with Crippen LogP contribution in [0.1, 0.15) is 25.7 Å². The van der Waals surface area contributed by atoms with E-state index in [1.165, 1.54) is 0 Å². The van der Waals surface area contributed by atoms with Crippen molar-refractivity contribution in [3.05, 3.63) is 12.2 Å². The third-order valence-corrected chi connectivity index (χ3v) is 1.81. The number of nitrogens with one attached hydrogen (secondary N) is 1. The van der Waals surface area contributed by atoms with Gasteiger partial charge >= 0.3 is 0 Å². The van der Waals surface area contributed by atoms with Crippen LogP contribution in [-0.2, 0) is 6.54 Å². The van der Waals surface area contributed by atoms with Gasteiger partial charge in [-0.2, -0.15) is 0 Å². The third kappa shape index (κ3) is 1.57. The molecule has 0 aliphatic heterocycles. The van der Waals surface area contributed by atoms with E-state index in [0.717, 1.165) is 12.4 Å². The van der Waals surface area contributed by atoms with Gasteiger partial charge in [-0.15, -0.1) is 10.2 Å². The van der Waals surface area contributed by atoms with Crippen molar-refractivity contribution in [2.24, 2.45) is 0 Å². The molecule has 1 rings (SSSR count). The summed E-state index contributed by atoms with van der Waals surface area (Å²) >= 11 is 0. The molecule has 0 radical (unpaired) electrons. The molecule has 0 aromatic carbocycles.